The number of nitrogens with two attached hydrogens (primary N) is 1. The Hall–Kier alpha value is -3.50. The Morgan fingerprint density at radius 3 is 2.71 bits per heavy atom. The zero-order chi connectivity index (χ0) is 24.1. The second kappa shape index (κ2) is 8.07. The first-order chi connectivity index (χ1) is 16.2. The van der Waals surface area contributed by atoms with Crippen LogP contribution in [0.1, 0.15) is 18.9 Å². The number of rotatable bonds is 6. The van der Waals surface area contributed by atoms with Crippen molar-refractivity contribution in [2.75, 3.05) is 11.1 Å². The van der Waals surface area contributed by atoms with E-state index in [0.717, 1.165) is 0 Å². The molecule has 1 aromatic carbocycles. The molecule has 0 spiro atoms. The number of nitrogens with one attached hydrogen (secondary N) is 1. The number of anilines is 2. The second-order valence-corrected chi connectivity index (χ2v) is 9.69. The number of nitrogens with zero attached hydrogens (tertiary/aromatic N) is 5. The molecule has 12 heteroatoms. The van der Waals surface area contributed by atoms with Crippen molar-refractivity contribution in [2.45, 2.75) is 24.2 Å². The van der Waals surface area contributed by atoms with E-state index in [2.05, 4.69) is 25.5 Å². The first-order valence-corrected chi connectivity index (χ1v) is 11.0. The molecule has 1 amide bonds. The maximum atomic E-state index is 14.2. The van der Waals surface area contributed by atoms with Crippen LogP contribution in [0.15, 0.2) is 53.4 Å². The van der Waals surface area contributed by atoms with Crippen LogP contribution in [0, 0.1) is 11.2 Å². The number of hydrogen-bond donors (Lipinski definition) is 2. The van der Waals surface area contributed by atoms with E-state index < -0.39 is 9.75 Å². The molecule has 3 aromatic heterocycles. The Morgan fingerprint density at radius 1 is 1.29 bits per heavy atom. The topological polar surface area (TPSA) is 125 Å². The molecule has 0 aliphatic heterocycles. The molecule has 9 nitrogen and oxygen atoms in total. The molecule has 0 bridgehead atoms. The van der Waals surface area contributed by atoms with Crippen LogP contribution in [0.5, 0.6) is 0 Å². The van der Waals surface area contributed by atoms with Gasteiger partial charge in [0.1, 0.15) is 33.5 Å². The molecule has 1 atom stereocenters. The molecule has 34 heavy (non-hydrogen) atoms. The third-order valence-electron chi connectivity index (χ3n) is 5.81. The van der Waals surface area contributed by atoms with Gasteiger partial charge in [0.05, 0.1) is 23.9 Å². The predicted octanol–water partition coefficient (Wildman–Crippen LogP) is 4.29. The molecule has 3 heterocycles. The molecule has 1 aliphatic rings. The fraction of sp³-hybridized carbons (Fsp3) is 0.227. The molecule has 4 aromatic rings. The lowest BCUT2D eigenvalue weighted by molar-refractivity contribution is -0.120. The smallest absolute Gasteiger partial charge is 0.233 e. The molecule has 0 saturated heterocycles. The van der Waals surface area contributed by atoms with Gasteiger partial charge in [-0.2, -0.15) is 5.10 Å². The molecule has 3 N–H and O–H groups in total. The average molecular weight is 502 g/mol. The van der Waals surface area contributed by atoms with E-state index in [1.54, 1.807) is 41.9 Å². The van der Waals surface area contributed by atoms with Crippen LogP contribution in [0.3, 0.4) is 0 Å². The van der Waals surface area contributed by atoms with Gasteiger partial charge in [-0.1, -0.05) is 23.4 Å². The van der Waals surface area contributed by atoms with E-state index in [4.69, 9.17) is 33.5 Å². The van der Waals surface area contributed by atoms with Crippen LogP contribution in [0.4, 0.5) is 15.9 Å². The summed E-state index contributed by atoms with van der Waals surface area (Å²) in [6.45, 7) is 1.82. The fourth-order valence-electron chi connectivity index (χ4n) is 3.51. The van der Waals surface area contributed by atoms with Crippen LogP contribution in [0.25, 0.3) is 22.9 Å². The van der Waals surface area contributed by atoms with Gasteiger partial charge in [-0.3, -0.25) is 9.48 Å². The highest BCUT2D eigenvalue weighted by Gasteiger charge is 2.68. The number of halogens is 3. The average Bonchev–Trinajstić information content (AvgIpc) is 3.23. The van der Waals surface area contributed by atoms with Gasteiger partial charge in [0.15, 0.2) is 11.6 Å². The Bertz CT molecular complexity index is 1390. The SMILES string of the molecule is CC1(C(=O)Nc2cnc(-c3cc(-c4ccon4)n(Cc4ccccc4F)n3)nc2N)CC1(Cl)Cl. The summed E-state index contributed by atoms with van der Waals surface area (Å²) in [4.78, 5) is 21.1. The van der Waals surface area contributed by atoms with Gasteiger partial charge in [0.2, 0.25) is 5.91 Å². The summed E-state index contributed by atoms with van der Waals surface area (Å²) in [6, 6.07) is 9.78. The summed E-state index contributed by atoms with van der Waals surface area (Å²) in [5, 5.41) is 11.2. The van der Waals surface area contributed by atoms with E-state index in [1.807, 2.05) is 0 Å². The molecule has 0 radical (unpaired) electrons. The van der Waals surface area contributed by atoms with E-state index in [-0.39, 0.29) is 35.6 Å². The van der Waals surface area contributed by atoms with Crippen molar-refractivity contribution in [3.05, 3.63) is 60.2 Å². The predicted molar refractivity (Wildman–Crippen MR) is 124 cm³/mol. The molecule has 174 valence electrons. The number of aromatic nitrogens is 5. The maximum absolute atomic E-state index is 14.2. The summed E-state index contributed by atoms with van der Waals surface area (Å²) >= 11 is 12.2. The van der Waals surface area contributed by atoms with Gasteiger partial charge in [-0.15, -0.1) is 23.2 Å². The lowest BCUT2D eigenvalue weighted by Gasteiger charge is -2.13. The van der Waals surface area contributed by atoms with Crippen molar-refractivity contribution < 1.29 is 13.7 Å². The molecule has 1 unspecified atom stereocenters. The normalized spacial score (nSPS) is 18.6. The standard InChI is InChI=1S/C22H18Cl2FN7O2/c1-21(11-22(21,23)24)20(33)28-16-9-27-19(29-18(16)26)15-8-17(14-6-7-34-31-14)32(30-15)10-12-4-2-3-5-13(12)25/h2-9H,10-11H2,1H3,(H,28,33)(H2,26,27,29). The van der Waals surface area contributed by atoms with E-state index in [1.165, 1.54) is 18.5 Å². The van der Waals surface area contributed by atoms with Gasteiger partial charge in [0, 0.05) is 11.6 Å². The van der Waals surface area contributed by atoms with Gasteiger partial charge < -0.3 is 15.6 Å². The van der Waals surface area contributed by atoms with Crippen LogP contribution in [-0.4, -0.2) is 35.1 Å². The van der Waals surface area contributed by atoms with Crippen LogP contribution >= 0.6 is 23.2 Å². The van der Waals surface area contributed by atoms with E-state index >= 15 is 0 Å². The van der Waals surface area contributed by atoms with Crippen molar-refractivity contribution in [2.24, 2.45) is 5.41 Å². The number of carbonyl (C=O) groups is 1. The quantitative estimate of drug-likeness (QED) is 0.377. The number of amides is 1. The third-order valence-corrected chi connectivity index (χ3v) is 6.91. The zero-order valence-corrected chi connectivity index (χ0v) is 19.3. The minimum Gasteiger partial charge on any atom is -0.382 e. The Kier molecular flexibility index (Phi) is 5.29. The highest BCUT2D eigenvalue weighted by atomic mass is 35.5. The Morgan fingerprint density at radius 2 is 2.06 bits per heavy atom. The summed E-state index contributed by atoms with van der Waals surface area (Å²) in [5.41, 5.74) is 7.31. The lowest BCUT2D eigenvalue weighted by Crippen LogP contribution is -2.26. The summed E-state index contributed by atoms with van der Waals surface area (Å²) in [7, 11) is 0. The molecule has 5 rings (SSSR count). The minimum absolute atomic E-state index is 0.0454. The lowest BCUT2D eigenvalue weighted by atomic mass is 10.1. The number of alkyl halides is 2. The van der Waals surface area contributed by atoms with Crippen molar-refractivity contribution in [3.8, 4) is 22.9 Å². The van der Waals surface area contributed by atoms with Crippen LogP contribution in [0.2, 0.25) is 0 Å². The highest BCUT2D eigenvalue weighted by Crippen LogP contribution is 2.64. The number of hydrogen-bond acceptors (Lipinski definition) is 7. The van der Waals surface area contributed by atoms with Crippen LogP contribution in [-0.2, 0) is 11.3 Å². The van der Waals surface area contributed by atoms with Gasteiger partial charge in [0.25, 0.3) is 0 Å². The summed E-state index contributed by atoms with van der Waals surface area (Å²) < 4.78 is 19.7. The fourth-order valence-corrected chi connectivity index (χ4v) is 4.21. The van der Waals surface area contributed by atoms with E-state index in [0.29, 0.717) is 29.1 Å². The Balaban J connectivity index is 1.45. The molecule has 1 fully saturated rings. The van der Waals surface area contributed by atoms with Gasteiger partial charge >= 0.3 is 0 Å². The second-order valence-electron chi connectivity index (χ2n) is 8.21. The number of carbonyl (C=O) groups excluding carboxylic acids is 1. The molecule has 1 saturated carbocycles. The van der Waals surface area contributed by atoms with Crippen LogP contribution < -0.4 is 11.1 Å². The minimum atomic E-state index is -1.12. The van der Waals surface area contributed by atoms with E-state index in [9.17, 15) is 9.18 Å². The van der Waals surface area contributed by atoms with Gasteiger partial charge in [-0.25, -0.2) is 14.4 Å². The molecular weight excluding hydrogens is 484 g/mol. The Labute approximate surface area is 203 Å². The van der Waals surface area contributed by atoms with Crippen molar-refractivity contribution in [3.63, 3.8) is 0 Å². The molecular formula is C22H18Cl2FN7O2. The zero-order valence-electron chi connectivity index (χ0n) is 17.8. The first kappa shape index (κ1) is 22.3. The third kappa shape index (κ3) is 3.88. The monoisotopic (exact) mass is 501 g/mol. The summed E-state index contributed by atoms with van der Waals surface area (Å²) in [6.07, 6.45) is 3.15. The summed E-state index contributed by atoms with van der Waals surface area (Å²) in [5.74, 6) is -0.463. The van der Waals surface area contributed by atoms with Crippen molar-refractivity contribution in [1.29, 1.82) is 0 Å². The number of benzene rings is 1. The maximum Gasteiger partial charge on any atom is 0.233 e. The number of nitrogen functional groups attached to an aromatic ring is 1. The van der Waals surface area contributed by atoms with Crippen molar-refractivity contribution in [1.82, 2.24) is 24.9 Å². The van der Waals surface area contributed by atoms with Crippen molar-refractivity contribution >= 4 is 40.6 Å². The van der Waals surface area contributed by atoms with Gasteiger partial charge in [-0.05, 0) is 25.5 Å². The highest BCUT2D eigenvalue weighted by molar-refractivity contribution is 6.53. The largest absolute Gasteiger partial charge is 0.382 e. The first-order valence-electron chi connectivity index (χ1n) is 10.2. The molecule has 1 aliphatic carbocycles.